The first-order valence-electron chi connectivity index (χ1n) is 24.2. The number of nitrogens with one attached hydrogen (secondary N) is 3. The monoisotopic (exact) mass is 1510 g/mol. The number of rotatable bonds is 17. The molecule has 0 saturated carbocycles. The Morgan fingerprint density at radius 1 is 0.743 bits per heavy atom. The number of aldehydes is 1. The topological polar surface area (TPSA) is 236 Å². The number of unbranched alkanes of at least 4 members (excludes halogenated alkanes) is 1. The van der Waals surface area contributed by atoms with Crippen molar-refractivity contribution in [3.8, 4) is 11.5 Å². The molecule has 6 rings (SSSR count). The van der Waals surface area contributed by atoms with E-state index in [1.165, 1.54) is 0 Å². The number of carbonyl (C=O) groups excluding carboxylic acids is 2. The molecular weight excluding hydrogens is 1430 g/mol. The molecule has 0 aliphatic carbocycles. The Kier molecular flexibility index (Phi) is 34.6. The predicted molar refractivity (Wildman–Crippen MR) is 333 cm³/mol. The second-order valence-electron chi connectivity index (χ2n) is 17.9. The molecule has 1 amide bonds. The van der Waals surface area contributed by atoms with Crippen molar-refractivity contribution in [2.75, 3.05) is 44.5 Å². The first-order valence-corrected chi connectivity index (χ1v) is 39.0. The first kappa shape index (κ1) is 69.1. The molecule has 0 spiro atoms. The summed E-state index contributed by atoms with van der Waals surface area (Å²) >= 11 is 9.73. The van der Waals surface area contributed by atoms with Gasteiger partial charge < -0.3 is 48.6 Å². The van der Waals surface area contributed by atoms with Gasteiger partial charge in [0.1, 0.15) is 22.9 Å². The van der Waals surface area contributed by atoms with E-state index in [1.807, 2.05) is 76.4 Å². The Labute approximate surface area is 491 Å². The van der Waals surface area contributed by atoms with E-state index in [1.54, 1.807) is 36.4 Å². The number of hydrogen-bond donors (Lipinski definition) is 5. The average Bonchev–Trinajstić information content (AvgIpc) is 3.99. The van der Waals surface area contributed by atoms with Crippen LogP contribution in [-0.2, 0) is 16.1 Å². The van der Waals surface area contributed by atoms with Crippen LogP contribution >= 0.6 is 82.5 Å². The predicted octanol–water partition coefficient (Wildman–Crippen LogP) is 12.7. The van der Waals surface area contributed by atoms with Gasteiger partial charge in [-0.2, -0.15) is 36.1 Å². The van der Waals surface area contributed by atoms with Crippen molar-refractivity contribution in [2.45, 2.75) is 136 Å². The van der Waals surface area contributed by atoms with E-state index in [9.17, 15) is 9.59 Å². The number of methoxy groups -OCH3 is 2. The van der Waals surface area contributed by atoms with Crippen molar-refractivity contribution in [3.05, 3.63) is 102 Å². The summed E-state index contributed by atoms with van der Waals surface area (Å²) in [6.45, 7) is 28.9. The van der Waals surface area contributed by atoms with Crippen molar-refractivity contribution in [2.24, 2.45) is 11.5 Å². The van der Waals surface area contributed by atoms with Crippen LogP contribution in [0.3, 0.4) is 0 Å². The molecule has 0 aliphatic heterocycles. The third-order valence-electron chi connectivity index (χ3n) is 9.75. The summed E-state index contributed by atoms with van der Waals surface area (Å²) in [5.41, 5.74) is 16.1. The molecule has 4 aromatic heterocycles. The summed E-state index contributed by atoms with van der Waals surface area (Å²) in [4.78, 5) is 39.9. The van der Waals surface area contributed by atoms with E-state index in [0.717, 1.165) is 68.4 Å². The number of halogens is 4. The van der Waals surface area contributed by atoms with Gasteiger partial charge >= 0.3 is 71.0 Å². The molecule has 6 aromatic rings. The fraction of sp³-hybridized carbons (Fsp3) is 0.510. The van der Waals surface area contributed by atoms with Crippen LogP contribution < -0.4 is 36.9 Å². The zero-order valence-corrected chi connectivity index (χ0v) is 55.4. The standard InChI is InChI=1S/C21H30N6O.C18H21N5O2.C7H16N2O2.C3H7I.C2H5.3HI.V/c1-14(2)18-13-23-27-20(18)25-19(10-5-6-11-22)26-21(27)24-15(3)16-8-7-9-17(12-16)28-4;1-11(2)15-9-19-23-17(15)21-16(10-24)22-18(23)20-12(3)13-6-5-7-14(8-13)25-4;1-7(2,3)11-6(10)9-5-4-8;1-3(2)4;1-2;;;;/h7-9,12-15H,5-6,10-11,22H2,1-4H3,(H,24,25,26);5-12H,1-4H3,(H,20,21,22);4-5,8H2,1-3H3,(H,9,10);3H,1-2H3;1H2,2H3;3*1H;/q;;;;-1;;;;+3/p-3/t15-;12-;;;;;;;/m00......./s1. The Bertz CT molecular complexity index is 2530. The number of carbonyl (C=O) groups is 2. The maximum atomic E-state index is 11.2. The minimum atomic E-state index is -0.432. The zero-order chi connectivity index (χ0) is 56.1. The number of aryl methyl sites for hydroxylation is 1. The van der Waals surface area contributed by atoms with Gasteiger partial charge in [-0.25, -0.2) is 14.8 Å². The van der Waals surface area contributed by atoms with Gasteiger partial charge in [-0.05, 0) is 101 Å². The minimum absolute atomic E-state index is 0.0387. The molecule has 23 heteroatoms. The number of nitrogens with zero attached hydrogens (tertiary/aromatic N) is 8. The number of nitrogens with two attached hydrogens (primary N) is 2. The van der Waals surface area contributed by atoms with Gasteiger partial charge in [-0.15, -0.1) is 0 Å². The van der Waals surface area contributed by atoms with Crippen LogP contribution in [-0.4, -0.2) is 94.9 Å². The molecule has 0 saturated heterocycles. The van der Waals surface area contributed by atoms with Crippen LogP contribution in [0.4, 0.5) is 16.7 Å². The quantitative estimate of drug-likeness (QED) is 0.0188. The molecule has 0 fully saturated rings. The maximum absolute atomic E-state index is 11.2. The Balaban J connectivity index is 0.000000541. The fourth-order valence-electron chi connectivity index (χ4n) is 6.31. The van der Waals surface area contributed by atoms with E-state index in [-0.39, 0.29) is 28.7 Å². The van der Waals surface area contributed by atoms with Crippen molar-refractivity contribution in [3.63, 3.8) is 0 Å². The van der Waals surface area contributed by atoms with E-state index in [0.29, 0.717) is 49.4 Å². The molecule has 0 radical (unpaired) electrons. The third-order valence-corrected chi connectivity index (χ3v) is 9.75. The van der Waals surface area contributed by atoms with Crippen molar-refractivity contribution < 1.29 is 28.7 Å². The molecular formula is C51H79I4N13O5V-. The third kappa shape index (κ3) is 26.0. The van der Waals surface area contributed by atoms with Crippen molar-refractivity contribution in [1.29, 1.82) is 0 Å². The summed E-state index contributed by atoms with van der Waals surface area (Å²) in [5.74, 6) is 4.35. The molecule has 2 atom stereocenters. The molecule has 2 aromatic carbocycles. The number of benzene rings is 2. The molecule has 0 bridgehead atoms. The fourth-order valence-corrected chi connectivity index (χ4v) is 6.31. The number of amides is 1. The van der Waals surface area contributed by atoms with Crippen LogP contribution in [0.25, 0.3) is 11.3 Å². The Morgan fingerprint density at radius 3 is 1.58 bits per heavy atom. The normalized spacial score (nSPS) is 11.6. The summed E-state index contributed by atoms with van der Waals surface area (Å²) in [6, 6.07) is 15.8. The van der Waals surface area contributed by atoms with Gasteiger partial charge in [0.05, 0.1) is 38.7 Å². The average molecular weight is 1510 g/mol. The van der Waals surface area contributed by atoms with Gasteiger partial charge in [-0.3, -0.25) is 4.79 Å². The second kappa shape index (κ2) is 37.0. The molecule has 74 heavy (non-hydrogen) atoms. The molecule has 0 unspecified atom stereocenters. The second-order valence-corrected chi connectivity index (χ2v) is 55.8. The molecule has 4 heterocycles. The molecule has 0 aliphatic rings. The molecule has 7 N–H and O–H groups in total. The first-order chi connectivity index (χ1) is 35.0. The number of ether oxygens (including phenoxy) is 3. The number of hydrogen-bond acceptors (Lipinski definition) is 15. The van der Waals surface area contributed by atoms with Crippen molar-refractivity contribution in [1.82, 2.24) is 44.5 Å². The summed E-state index contributed by atoms with van der Waals surface area (Å²) < 4.78 is 19.8. The molecule has 412 valence electrons. The van der Waals surface area contributed by atoms with E-state index in [4.69, 9.17) is 35.6 Å². The number of fused-ring (bicyclic) bond motifs is 2. The van der Waals surface area contributed by atoms with Crippen LogP contribution in [0.5, 0.6) is 11.5 Å². The van der Waals surface area contributed by atoms with E-state index < -0.39 is 11.7 Å². The summed E-state index contributed by atoms with van der Waals surface area (Å²) in [6.07, 6.45) is 6.64. The van der Waals surface area contributed by atoms with Crippen LogP contribution in [0, 0.1) is 6.92 Å². The summed E-state index contributed by atoms with van der Waals surface area (Å²) in [5, 5.41) is 18.2. The number of aromatic nitrogens is 8. The van der Waals surface area contributed by atoms with Gasteiger partial charge in [0, 0.05) is 34.6 Å². The Hall–Kier alpha value is -2.90. The number of anilines is 2. The molecule has 18 nitrogen and oxygen atoms in total. The number of alkyl carbamates (subject to hydrolysis) is 1. The zero-order valence-electron chi connectivity index (χ0n) is 45.4. The van der Waals surface area contributed by atoms with Gasteiger partial charge in [-0.1, -0.05) is 88.4 Å². The van der Waals surface area contributed by atoms with Crippen molar-refractivity contribution >= 4 is 118 Å². The number of alkyl halides is 1. The van der Waals surface area contributed by atoms with Gasteiger partial charge in [0.15, 0.2) is 23.4 Å². The van der Waals surface area contributed by atoms with E-state index in [2.05, 4.69) is 180 Å². The van der Waals surface area contributed by atoms with E-state index >= 15 is 0 Å². The SMILES string of the molecule is CC(C)(C)OC(=O)NCCN.CC(C)I.COc1cccc([C@H](C)Nc2nc(C=O)nc3c(C(C)C)cnn23)c1.COc1cccc([C@H](C)Nc2nc(CCCCN)nc3c(C(C)C)cnn23)c1.[CH2-]C.[I][V]([I])[I]. The van der Waals surface area contributed by atoms with Gasteiger partial charge in [0.25, 0.3) is 0 Å². The van der Waals surface area contributed by atoms with Crippen LogP contribution in [0.2, 0.25) is 0 Å². The Morgan fingerprint density at radius 2 is 1.19 bits per heavy atom. The summed E-state index contributed by atoms with van der Waals surface area (Å²) in [7, 11) is 3.31. The van der Waals surface area contributed by atoms with Crippen LogP contribution in [0.1, 0.15) is 159 Å². The van der Waals surface area contributed by atoms with Gasteiger partial charge in [0.2, 0.25) is 11.9 Å². The van der Waals surface area contributed by atoms with Crippen LogP contribution in [0.15, 0.2) is 60.9 Å².